The van der Waals surface area contributed by atoms with Crippen molar-refractivity contribution in [3.05, 3.63) is 42.3 Å². The van der Waals surface area contributed by atoms with Gasteiger partial charge in [-0.25, -0.2) is 14.2 Å². The van der Waals surface area contributed by atoms with E-state index in [2.05, 4.69) is 4.98 Å². The van der Waals surface area contributed by atoms with Gasteiger partial charge in [0.1, 0.15) is 17.7 Å². The third-order valence-electron chi connectivity index (χ3n) is 4.75. The number of pyridine rings is 1. The molecule has 2 fully saturated rings. The first-order valence-electron chi connectivity index (χ1n) is 9.72. The molecule has 1 aromatic heterocycles. The molecular formula is C21H24FN3O4. The standard InChI is InChI=1S/C19H18FN3O4.C2H6/c20-16-8-13(23-10-14(11-24)27-19(23)26)4-5-15(16)12-3-6-17(21-9-12)22-7-1-2-18(22)25;1-2/h3-6,8-9,14,24H,1-2,7,10-11H2;1-2H3. The zero-order chi connectivity index (χ0) is 21.0. The number of anilines is 2. The van der Waals surface area contributed by atoms with Crippen molar-refractivity contribution in [2.24, 2.45) is 0 Å². The first-order chi connectivity index (χ1) is 14.1. The smallest absolute Gasteiger partial charge is 0.414 e. The van der Waals surface area contributed by atoms with Crippen LogP contribution in [0, 0.1) is 5.82 Å². The fourth-order valence-electron chi connectivity index (χ4n) is 3.33. The minimum absolute atomic E-state index is 0.0458. The van der Waals surface area contributed by atoms with Gasteiger partial charge in [0.05, 0.1) is 18.8 Å². The molecule has 154 valence electrons. The highest BCUT2D eigenvalue weighted by molar-refractivity contribution is 5.94. The van der Waals surface area contributed by atoms with Crippen LogP contribution >= 0.6 is 0 Å². The first kappa shape index (κ1) is 20.7. The molecule has 0 saturated carbocycles. The van der Waals surface area contributed by atoms with Gasteiger partial charge in [-0.05, 0) is 36.8 Å². The molecular weight excluding hydrogens is 377 g/mol. The lowest BCUT2D eigenvalue weighted by molar-refractivity contribution is -0.117. The van der Waals surface area contributed by atoms with E-state index >= 15 is 0 Å². The van der Waals surface area contributed by atoms with Gasteiger partial charge in [-0.2, -0.15) is 0 Å². The zero-order valence-electron chi connectivity index (χ0n) is 16.5. The highest BCUT2D eigenvalue weighted by Crippen LogP contribution is 2.30. The molecule has 1 unspecified atom stereocenters. The summed E-state index contributed by atoms with van der Waals surface area (Å²) < 4.78 is 19.6. The Morgan fingerprint density at radius 2 is 2.00 bits per heavy atom. The SMILES string of the molecule is CC.O=C1OC(CO)CN1c1ccc(-c2ccc(N3CCCC3=O)nc2)c(F)c1. The number of cyclic esters (lactones) is 1. The minimum Gasteiger partial charge on any atom is -0.441 e. The summed E-state index contributed by atoms with van der Waals surface area (Å²) in [5.74, 6) is 0.108. The third-order valence-corrected chi connectivity index (χ3v) is 4.75. The van der Waals surface area contributed by atoms with Gasteiger partial charge >= 0.3 is 6.09 Å². The van der Waals surface area contributed by atoms with Gasteiger partial charge < -0.3 is 9.84 Å². The monoisotopic (exact) mass is 401 g/mol. The number of aliphatic hydroxyl groups is 1. The number of rotatable bonds is 4. The topological polar surface area (TPSA) is 83.0 Å². The summed E-state index contributed by atoms with van der Waals surface area (Å²) in [6.07, 6.45) is 1.65. The van der Waals surface area contributed by atoms with Crippen LogP contribution in [-0.2, 0) is 9.53 Å². The van der Waals surface area contributed by atoms with Crippen LogP contribution in [0.2, 0.25) is 0 Å². The summed E-state index contributed by atoms with van der Waals surface area (Å²) in [7, 11) is 0. The number of hydrogen-bond acceptors (Lipinski definition) is 5. The van der Waals surface area contributed by atoms with Crippen LogP contribution < -0.4 is 9.80 Å². The predicted molar refractivity (Wildman–Crippen MR) is 107 cm³/mol. The molecule has 0 bridgehead atoms. The molecule has 1 aromatic carbocycles. The average Bonchev–Trinajstić information content (AvgIpc) is 3.35. The summed E-state index contributed by atoms with van der Waals surface area (Å²) >= 11 is 0. The van der Waals surface area contributed by atoms with Crippen LogP contribution in [0.3, 0.4) is 0 Å². The summed E-state index contributed by atoms with van der Waals surface area (Å²) in [5, 5.41) is 9.10. The Labute approximate surface area is 168 Å². The largest absolute Gasteiger partial charge is 0.441 e. The van der Waals surface area contributed by atoms with Gasteiger partial charge in [0.15, 0.2) is 0 Å². The number of halogens is 1. The number of carbonyl (C=O) groups is 2. The quantitative estimate of drug-likeness (QED) is 0.849. The van der Waals surface area contributed by atoms with Crippen molar-refractivity contribution in [3.63, 3.8) is 0 Å². The van der Waals surface area contributed by atoms with E-state index in [1.165, 1.54) is 17.2 Å². The number of benzene rings is 1. The highest BCUT2D eigenvalue weighted by Gasteiger charge is 2.32. The highest BCUT2D eigenvalue weighted by atomic mass is 19.1. The van der Waals surface area contributed by atoms with Gasteiger partial charge in [0, 0.05) is 30.3 Å². The second kappa shape index (κ2) is 9.00. The Morgan fingerprint density at radius 1 is 1.21 bits per heavy atom. The Morgan fingerprint density at radius 3 is 2.55 bits per heavy atom. The molecule has 2 aromatic rings. The van der Waals surface area contributed by atoms with Crippen LogP contribution in [0.4, 0.5) is 20.7 Å². The number of aromatic nitrogens is 1. The van der Waals surface area contributed by atoms with Crippen LogP contribution in [0.15, 0.2) is 36.5 Å². The molecule has 3 heterocycles. The summed E-state index contributed by atoms with van der Waals surface area (Å²) in [4.78, 5) is 30.8. The number of nitrogens with zero attached hydrogens (tertiary/aromatic N) is 3. The van der Waals surface area contributed by atoms with Gasteiger partial charge in [0.25, 0.3) is 0 Å². The van der Waals surface area contributed by atoms with Crippen LogP contribution in [0.25, 0.3) is 11.1 Å². The Kier molecular flexibility index (Phi) is 6.43. The van der Waals surface area contributed by atoms with Crippen molar-refractivity contribution in [1.82, 2.24) is 4.98 Å². The maximum absolute atomic E-state index is 14.6. The number of aliphatic hydroxyl groups excluding tert-OH is 1. The fraction of sp³-hybridized carbons (Fsp3) is 0.381. The van der Waals surface area contributed by atoms with E-state index < -0.39 is 18.0 Å². The molecule has 4 rings (SSSR count). The molecule has 29 heavy (non-hydrogen) atoms. The van der Waals surface area contributed by atoms with E-state index in [0.29, 0.717) is 35.6 Å². The zero-order valence-corrected chi connectivity index (χ0v) is 16.5. The molecule has 0 radical (unpaired) electrons. The molecule has 0 aliphatic carbocycles. The number of ether oxygens (including phenoxy) is 1. The molecule has 2 amide bonds. The number of amides is 2. The maximum atomic E-state index is 14.6. The van der Waals surface area contributed by atoms with Crippen LogP contribution in [0.5, 0.6) is 0 Å². The van der Waals surface area contributed by atoms with Gasteiger partial charge in [-0.1, -0.05) is 13.8 Å². The van der Waals surface area contributed by atoms with Crippen LogP contribution in [0.1, 0.15) is 26.7 Å². The van der Waals surface area contributed by atoms with Crippen molar-refractivity contribution < 1.29 is 23.8 Å². The second-order valence-electron chi connectivity index (χ2n) is 6.52. The van der Waals surface area contributed by atoms with Gasteiger partial charge in [0.2, 0.25) is 5.91 Å². The van der Waals surface area contributed by atoms with Crippen molar-refractivity contribution in [3.8, 4) is 11.1 Å². The molecule has 1 atom stereocenters. The summed E-state index contributed by atoms with van der Waals surface area (Å²) in [6.45, 7) is 4.55. The average molecular weight is 401 g/mol. The maximum Gasteiger partial charge on any atom is 0.414 e. The number of carbonyl (C=O) groups excluding carboxylic acids is 2. The molecule has 2 aliphatic heterocycles. The van der Waals surface area contributed by atoms with E-state index in [1.807, 2.05) is 13.8 Å². The van der Waals surface area contributed by atoms with Crippen molar-refractivity contribution in [1.29, 1.82) is 0 Å². The van der Waals surface area contributed by atoms with Gasteiger partial charge in [-0.15, -0.1) is 0 Å². The van der Waals surface area contributed by atoms with Crippen molar-refractivity contribution in [2.75, 3.05) is 29.5 Å². The molecule has 1 N–H and O–H groups in total. The van der Waals surface area contributed by atoms with Crippen LogP contribution in [-0.4, -0.2) is 47.9 Å². The Hall–Kier alpha value is -3.00. The lowest BCUT2D eigenvalue weighted by atomic mass is 10.1. The van der Waals surface area contributed by atoms with E-state index in [9.17, 15) is 14.0 Å². The molecule has 8 heteroatoms. The summed E-state index contributed by atoms with van der Waals surface area (Å²) in [6, 6.07) is 7.88. The van der Waals surface area contributed by atoms with Gasteiger partial charge in [-0.3, -0.25) is 14.6 Å². The van der Waals surface area contributed by atoms with E-state index in [4.69, 9.17) is 9.84 Å². The first-order valence-corrected chi connectivity index (χ1v) is 9.72. The van der Waals surface area contributed by atoms with Crippen molar-refractivity contribution >= 4 is 23.5 Å². The molecule has 7 nitrogen and oxygen atoms in total. The third kappa shape index (κ3) is 4.22. The predicted octanol–water partition coefficient (Wildman–Crippen LogP) is 3.36. The lowest BCUT2D eigenvalue weighted by Gasteiger charge is -2.16. The normalized spacial score (nSPS) is 18.6. The lowest BCUT2D eigenvalue weighted by Crippen LogP contribution is -2.25. The van der Waals surface area contributed by atoms with Crippen molar-refractivity contribution in [2.45, 2.75) is 32.8 Å². The van der Waals surface area contributed by atoms with E-state index in [1.54, 1.807) is 29.2 Å². The fourth-order valence-corrected chi connectivity index (χ4v) is 3.33. The minimum atomic E-state index is -0.609. The Balaban J connectivity index is 0.00000117. The molecule has 2 aliphatic rings. The Bertz CT molecular complexity index is 888. The van der Waals surface area contributed by atoms with E-state index in [-0.39, 0.29) is 19.1 Å². The second-order valence-corrected chi connectivity index (χ2v) is 6.52. The number of hydrogen-bond donors (Lipinski definition) is 1. The molecule has 0 spiro atoms. The molecule has 2 saturated heterocycles. The summed E-state index contributed by atoms with van der Waals surface area (Å²) in [5.41, 5.74) is 1.29. The van der Waals surface area contributed by atoms with E-state index in [0.717, 1.165) is 6.42 Å².